The maximum absolute atomic E-state index is 11.8. The highest BCUT2D eigenvalue weighted by Gasteiger charge is 2.26. The number of carbonyl (C=O) groups is 2. The predicted octanol–water partition coefficient (Wildman–Crippen LogP) is 2.07. The van der Waals surface area contributed by atoms with Crippen molar-refractivity contribution in [2.24, 2.45) is 5.92 Å². The molecule has 5 nitrogen and oxygen atoms in total. The molecule has 0 saturated heterocycles. The number of nitrogens with one attached hydrogen (secondary N) is 1. The number of hydrogen-bond donors (Lipinski definition) is 2. The molecule has 5 heteroatoms. The van der Waals surface area contributed by atoms with Crippen LogP contribution in [0.15, 0.2) is 16.5 Å². The lowest BCUT2D eigenvalue weighted by molar-refractivity contribution is -0.140. The van der Waals surface area contributed by atoms with Crippen molar-refractivity contribution in [1.29, 1.82) is 0 Å². The molecule has 1 aromatic rings. The van der Waals surface area contributed by atoms with Crippen LogP contribution in [-0.2, 0) is 11.2 Å². The molecule has 0 aliphatic carbocycles. The second-order valence-electron chi connectivity index (χ2n) is 4.29. The van der Waals surface area contributed by atoms with Gasteiger partial charge < -0.3 is 14.8 Å². The van der Waals surface area contributed by atoms with Gasteiger partial charge in [0.05, 0.1) is 0 Å². The molecule has 1 heterocycles. The van der Waals surface area contributed by atoms with Crippen LogP contribution < -0.4 is 5.32 Å². The first-order valence-corrected chi connectivity index (χ1v) is 6.11. The molecule has 0 aliphatic rings. The molecule has 0 saturated carbocycles. The molecule has 2 atom stereocenters. The lowest BCUT2D eigenvalue weighted by Gasteiger charge is -2.19. The minimum atomic E-state index is -1.03. The fraction of sp³-hybridized carbons (Fsp3) is 0.538. The molecule has 1 rings (SSSR count). The van der Waals surface area contributed by atoms with E-state index in [1.54, 1.807) is 19.1 Å². The van der Waals surface area contributed by atoms with Crippen molar-refractivity contribution >= 4 is 11.9 Å². The van der Waals surface area contributed by atoms with Crippen molar-refractivity contribution in [3.8, 4) is 0 Å². The zero-order chi connectivity index (χ0) is 13.7. The number of rotatable bonds is 6. The largest absolute Gasteiger partial charge is 0.480 e. The van der Waals surface area contributed by atoms with E-state index in [1.165, 1.54) is 0 Å². The van der Waals surface area contributed by atoms with E-state index in [-0.39, 0.29) is 11.7 Å². The summed E-state index contributed by atoms with van der Waals surface area (Å²) in [5.74, 6) is -0.786. The molecular formula is C13H19NO4. The summed E-state index contributed by atoms with van der Waals surface area (Å²) in [6, 6.07) is 2.38. The van der Waals surface area contributed by atoms with Gasteiger partial charge in [-0.1, -0.05) is 27.2 Å². The van der Waals surface area contributed by atoms with Crippen molar-refractivity contribution in [2.75, 3.05) is 0 Å². The number of hydrogen-bond acceptors (Lipinski definition) is 3. The van der Waals surface area contributed by atoms with Gasteiger partial charge in [0.2, 0.25) is 0 Å². The van der Waals surface area contributed by atoms with Gasteiger partial charge in [0.15, 0.2) is 5.76 Å². The van der Waals surface area contributed by atoms with Crippen LogP contribution in [0.2, 0.25) is 0 Å². The molecule has 0 spiro atoms. The van der Waals surface area contributed by atoms with Crippen LogP contribution in [0.5, 0.6) is 0 Å². The Kier molecular flexibility index (Phi) is 4.95. The van der Waals surface area contributed by atoms with Crippen LogP contribution >= 0.6 is 0 Å². The summed E-state index contributed by atoms with van der Waals surface area (Å²) in [7, 11) is 0. The number of carboxylic acid groups (broad SMARTS) is 1. The van der Waals surface area contributed by atoms with Crippen LogP contribution in [0.1, 0.15) is 43.5 Å². The Labute approximate surface area is 106 Å². The molecule has 2 unspecified atom stereocenters. The number of furan rings is 1. The Hall–Kier alpha value is -1.78. The van der Waals surface area contributed by atoms with Crippen molar-refractivity contribution in [3.05, 3.63) is 23.7 Å². The summed E-state index contributed by atoms with van der Waals surface area (Å²) >= 11 is 0. The van der Waals surface area contributed by atoms with Crippen LogP contribution in [-0.4, -0.2) is 23.0 Å². The topological polar surface area (TPSA) is 79.5 Å². The zero-order valence-corrected chi connectivity index (χ0v) is 10.9. The maximum Gasteiger partial charge on any atom is 0.326 e. The molecule has 0 aliphatic heterocycles. The third-order valence-corrected chi connectivity index (χ3v) is 3.00. The second-order valence-corrected chi connectivity index (χ2v) is 4.29. The molecule has 100 valence electrons. The van der Waals surface area contributed by atoms with Gasteiger partial charge in [0.1, 0.15) is 11.8 Å². The average molecular weight is 253 g/mol. The van der Waals surface area contributed by atoms with Crippen LogP contribution in [0, 0.1) is 5.92 Å². The minimum Gasteiger partial charge on any atom is -0.480 e. The van der Waals surface area contributed by atoms with Crippen molar-refractivity contribution in [3.63, 3.8) is 0 Å². The Bertz CT molecular complexity index is 424. The maximum atomic E-state index is 11.8. The van der Waals surface area contributed by atoms with Gasteiger partial charge in [0.25, 0.3) is 5.91 Å². The smallest absolute Gasteiger partial charge is 0.326 e. The van der Waals surface area contributed by atoms with Gasteiger partial charge >= 0.3 is 5.97 Å². The first-order chi connectivity index (χ1) is 8.49. The molecule has 0 aromatic carbocycles. The molecule has 0 fully saturated rings. The normalized spacial score (nSPS) is 13.9. The number of carbonyl (C=O) groups excluding carboxylic acids is 1. The van der Waals surface area contributed by atoms with E-state index in [4.69, 9.17) is 9.52 Å². The summed E-state index contributed by atoms with van der Waals surface area (Å²) < 4.78 is 5.28. The van der Waals surface area contributed by atoms with E-state index in [0.717, 1.165) is 0 Å². The Morgan fingerprint density at radius 2 is 2.06 bits per heavy atom. The van der Waals surface area contributed by atoms with Gasteiger partial charge in [-0.2, -0.15) is 0 Å². The lowest BCUT2D eigenvalue weighted by Crippen LogP contribution is -2.44. The van der Waals surface area contributed by atoms with Gasteiger partial charge in [-0.25, -0.2) is 4.79 Å². The van der Waals surface area contributed by atoms with E-state index in [2.05, 4.69) is 5.32 Å². The fourth-order valence-corrected chi connectivity index (χ4v) is 1.59. The summed E-state index contributed by atoms with van der Waals surface area (Å²) in [4.78, 5) is 22.9. The molecule has 18 heavy (non-hydrogen) atoms. The highest BCUT2D eigenvalue weighted by atomic mass is 16.4. The first-order valence-electron chi connectivity index (χ1n) is 6.11. The van der Waals surface area contributed by atoms with Gasteiger partial charge in [-0.05, 0) is 18.1 Å². The quantitative estimate of drug-likeness (QED) is 0.813. The zero-order valence-electron chi connectivity index (χ0n) is 10.9. The number of amides is 1. The second kappa shape index (κ2) is 6.23. The summed E-state index contributed by atoms with van der Waals surface area (Å²) in [5, 5.41) is 11.6. The molecule has 2 N–H and O–H groups in total. The van der Waals surface area contributed by atoms with E-state index >= 15 is 0 Å². The Morgan fingerprint density at radius 1 is 1.39 bits per heavy atom. The summed E-state index contributed by atoms with van der Waals surface area (Å²) in [6.45, 7) is 5.59. The van der Waals surface area contributed by atoms with Crippen molar-refractivity contribution < 1.29 is 19.1 Å². The van der Waals surface area contributed by atoms with Crippen molar-refractivity contribution in [2.45, 2.75) is 39.7 Å². The highest BCUT2D eigenvalue weighted by molar-refractivity contribution is 5.94. The molecule has 1 amide bonds. The third-order valence-electron chi connectivity index (χ3n) is 3.00. The molecule has 1 aromatic heterocycles. The summed E-state index contributed by atoms with van der Waals surface area (Å²) in [6.07, 6.45) is 1.37. The van der Waals surface area contributed by atoms with Crippen LogP contribution in [0.4, 0.5) is 0 Å². The SMILES string of the molecule is CCc1ccc(C(=O)NC(C(=O)O)C(C)CC)o1. The fourth-order valence-electron chi connectivity index (χ4n) is 1.59. The third kappa shape index (κ3) is 3.35. The Balaban J connectivity index is 2.75. The highest BCUT2D eigenvalue weighted by Crippen LogP contribution is 2.12. The first kappa shape index (κ1) is 14.3. The predicted molar refractivity (Wildman–Crippen MR) is 66.4 cm³/mol. The van der Waals surface area contributed by atoms with E-state index in [9.17, 15) is 9.59 Å². The van der Waals surface area contributed by atoms with E-state index in [0.29, 0.717) is 18.6 Å². The average Bonchev–Trinajstić information content (AvgIpc) is 2.83. The molecule has 0 radical (unpaired) electrons. The van der Waals surface area contributed by atoms with Gasteiger partial charge in [-0.15, -0.1) is 0 Å². The number of aliphatic carboxylic acids is 1. The van der Waals surface area contributed by atoms with E-state index in [1.807, 2.05) is 13.8 Å². The molecular weight excluding hydrogens is 234 g/mol. The van der Waals surface area contributed by atoms with E-state index < -0.39 is 17.9 Å². The van der Waals surface area contributed by atoms with Crippen LogP contribution in [0.3, 0.4) is 0 Å². The van der Waals surface area contributed by atoms with Gasteiger partial charge in [0, 0.05) is 6.42 Å². The molecule has 0 bridgehead atoms. The van der Waals surface area contributed by atoms with Crippen molar-refractivity contribution in [1.82, 2.24) is 5.32 Å². The number of carboxylic acids is 1. The van der Waals surface area contributed by atoms with Gasteiger partial charge in [-0.3, -0.25) is 4.79 Å². The standard InChI is InChI=1S/C13H19NO4/c1-4-8(3)11(13(16)17)14-12(15)10-7-6-9(5-2)18-10/h6-8,11H,4-5H2,1-3H3,(H,14,15)(H,16,17). The Morgan fingerprint density at radius 3 is 2.50 bits per heavy atom. The summed E-state index contributed by atoms with van der Waals surface area (Å²) in [5.41, 5.74) is 0. The number of aryl methyl sites for hydroxylation is 1. The van der Waals surface area contributed by atoms with Crippen LogP contribution in [0.25, 0.3) is 0 Å². The monoisotopic (exact) mass is 253 g/mol. The lowest BCUT2D eigenvalue weighted by atomic mass is 9.99. The minimum absolute atomic E-state index is 0.132.